The summed E-state index contributed by atoms with van der Waals surface area (Å²) in [6, 6.07) is 23.6. The number of nitrogens with zero attached hydrogens (tertiary/aromatic N) is 4. The van der Waals surface area contributed by atoms with Crippen molar-refractivity contribution in [2.45, 2.75) is 45.7 Å². The van der Waals surface area contributed by atoms with E-state index in [-0.39, 0.29) is 63.0 Å². The highest BCUT2D eigenvalue weighted by Crippen LogP contribution is 2.37. The highest BCUT2D eigenvalue weighted by molar-refractivity contribution is 6.31. The SMILES string of the molecule is CCCCN(c1nc(-c2cccc3c2C(=O)c2ccccc2C3=O)nc(-c2cccc3c2C(=O)c2ccccc2C3=O)n1)C(N)CCC. The zero-order chi connectivity index (χ0) is 33.5. The summed E-state index contributed by atoms with van der Waals surface area (Å²) in [4.78, 5) is 71.8. The van der Waals surface area contributed by atoms with Gasteiger partial charge in [0.1, 0.15) is 0 Å². The molecule has 2 aliphatic carbocycles. The third kappa shape index (κ3) is 5.03. The molecule has 5 aromatic rings. The van der Waals surface area contributed by atoms with Crippen LogP contribution in [-0.4, -0.2) is 50.8 Å². The van der Waals surface area contributed by atoms with Gasteiger partial charge in [-0.25, -0.2) is 4.98 Å². The Balaban J connectivity index is 1.48. The topological polar surface area (TPSA) is 136 Å². The number of carbonyl (C=O) groups excluding carboxylic acids is 4. The van der Waals surface area contributed by atoms with E-state index in [1.54, 1.807) is 84.9 Å². The molecule has 238 valence electrons. The Hall–Kier alpha value is -5.67. The average Bonchev–Trinajstić information content (AvgIpc) is 3.12. The number of hydrogen-bond acceptors (Lipinski definition) is 9. The summed E-state index contributed by atoms with van der Waals surface area (Å²) in [7, 11) is 0. The molecule has 0 amide bonds. The number of nitrogens with two attached hydrogens (primary N) is 1. The van der Waals surface area contributed by atoms with E-state index in [1.165, 1.54) is 0 Å². The van der Waals surface area contributed by atoms with Crippen LogP contribution in [0.15, 0.2) is 84.9 Å². The first-order valence-electron chi connectivity index (χ1n) is 16.3. The minimum atomic E-state index is -0.413. The average molecular weight is 636 g/mol. The van der Waals surface area contributed by atoms with Crippen molar-refractivity contribution in [3.8, 4) is 22.8 Å². The summed E-state index contributed by atoms with van der Waals surface area (Å²) in [5.41, 5.74) is 9.70. The lowest BCUT2D eigenvalue weighted by Crippen LogP contribution is -2.43. The smallest absolute Gasteiger partial charge is 0.230 e. The first-order valence-corrected chi connectivity index (χ1v) is 16.3. The fourth-order valence-electron chi connectivity index (χ4n) is 6.59. The Morgan fingerprint density at radius 1 is 0.542 bits per heavy atom. The Kier molecular flexibility index (Phi) is 8.06. The molecule has 1 atom stereocenters. The lowest BCUT2D eigenvalue weighted by Gasteiger charge is -2.29. The van der Waals surface area contributed by atoms with Gasteiger partial charge >= 0.3 is 0 Å². The standard InChI is InChI=1S/C39H33N5O4/c1-3-5-21-44(30(40)12-4-2)39-42-37(28-19-10-17-26-31(28)35(47)24-15-8-6-13-22(24)33(26)45)41-38(43-39)29-20-11-18-27-32(29)36(48)25-16-9-7-14-23(25)34(27)46/h6-11,13-20,30H,3-5,12,21,40H2,1-2H3. The maximum absolute atomic E-state index is 14.0. The Morgan fingerprint density at radius 3 is 1.40 bits per heavy atom. The molecule has 0 spiro atoms. The molecule has 0 radical (unpaired) electrons. The summed E-state index contributed by atoms with van der Waals surface area (Å²) in [6.45, 7) is 4.70. The van der Waals surface area contributed by atoms with Crippen molar-refractivity contribution in [1.29, 1.82) is 0 Å². The van der Waals surface area contributed by atoms with E-state index in [0.717, 1.165) is 19.3 Å². The summed E-state index contributed by atoms with van der Waals surface area (Å²) in [6.07, 6.45) is 2.82. The minimum Gasteiger partial charge on any atom is -0.325 e. The Morgan fingerprint density at radius 2 is 0.958 bits per heavy atom. The molecule has 9 heteroatoms. The number of rotatable bonds is 9. The van der Waals surface area contributed by atoms with Crippen molar-refractivity contribution in [2.24, 2.45) is 5.73 Å². The third-order valence-corrected chi connectivity index (χ3v) is 9.00. The molecular formula is C39H33N5O4. The Labute approximate surface area is 277 Å². The number of hydrogen-bond donors (Lipinski definition) is 1. The molecule has 0 saturated heterocycles. The van der Waals surface area contributed by atoms with Crippen molar-refractivity contribution >= 4 is 29.1 Å². The number of anilines is 1. The van der Waals surface area contributed by atoms with E-state index in [2.05, 4.69) is 13.8 Å². The molecule has 4 aromatic carbocycles. The van der Waals surface area contributed by atoms with Crippen LogP contribution in [0.4, 0.5) is 5.95 Å². The fraction of sp³-hybridized carbons (Fsp3) is 0.205. The maximum atomic E-state index is 14.0. The first kappa shape index (κ1) is 31.0. The lowest BCUT2D eigenvalue weighted by molar-refractivity contribution is 0.0979. The first-order chi connectivity index (χ1) is 23.3. The number of unbranched alkanes of at least 4 members (excludes halogenated alkanes) is 1. The van der Waals surface area contributed by atoms with E-state index in [0.29, 0.717) is 46.3 Å². The molecule has 2 aliphatic rings. The molecule has 2 N–H and O–H groups in total. The van der Waals surface area contributed by atoms with E-state index in [4.69, 9.17) is 20.7 Å². The van der Waals surface area contributed by atoms with Crippen LogP contribution in [-0.2, 0) is 0 Å². The second kappa shape index (κ2) is 12.5. The monoisotopic (exact) mass is 635 g/mol. The van der Waals surface area contributed by atoms with Gasteiger partial charge in [0, 0.05) is 62.2 Å². The van der Waals surface area contributed by atoms with Crippen LogP contribution in [0.1, 0.15) is 103 Å². The Bertz CT molecular complexity index is 2020. The molecule has 7 rings (SSSR count). The molecule has 0 saturated carbocycles. The van der Waals surface area contributed by atoms with Crippen LogP contribution in [0.3, 0.4) is 0 Å². The van der Waals surface area contributed by atoms with Gasteiger partial charge in [0.15, 0.2) is 34.8 Å². The van der Waals surface area contributed by atoms with Gasteiger partial charge in [-0.2, -0.15) is 9.97 Å². The third-order valence-electron chi connectivity index (χ3n) is 9.00. The summed E-state index contributed by atoms with van der Waals surface area (Å²) < 4.78 is 0. The van der Waals surface area contributed by atoms with Crippen molar-refractivity contribution in [3.63, 3.8) is 0 Å². The van der Waals surface area contributed by atoms with Gasteiger partial charge in [-0.15, -0.1) is 0 Å². The van der Waals surface area contributed by atoms with Crippen molar-refractivity contribution in [2.75, 3.05) is 11.4 Å². The molecular weight excluding hydrogens is 602 g/mol. The van der Waals surface area contributed by atoms with Gasteiger partial charge in [0.2, 0.25) is 5.95 Å². The minimum absolute atomic E-state index is 0.158. The van der Waals surface area contributed by atoms with E-state index in [9.17, 15) is 19.2 Å². The number of carbonyl (C=O) groups is 4. The van der Waals surface area contributed by atoms with E-state index < -0.39 is 6.17 Å². The van der Waals surface area contributed by atoms with Gasteiger partial charge in [-0.3, -0.25) is 19.2 Å². The zero-order valence-electron chi connectivity index (χ0n) is 26.7. The van der Waals surface area contributed by atoms with Gasteiger partial charge in [-0.1, -0.05) is 112 Å². The van der Waals surface area contributed by atoms with Crippen LogP contribution in [0.2, 0.25) is 0 Å². The normalized spacial score (nSPS) is 13.8. The fourth-order valence-corrected chi connectivity index (χ4v) is 6.59. The summed E-state index contributed by atoms with van der Waals surface area (Å²) in [5.74, 6) is -0.532. The van der Waals surface area contributed by atoms with E-state index >= 15 is 0 Å². The van der Waals surface area contributed by atoms with E-state index in [1.807, 2.05) is 4.90 Å². The zero-order valence-corrected chi connectivity index (χ0v) is 26.7. The van der Waals surface area contributed by atoms with Crippen LogP contribution in [0, 0.1) is 0 Å². The molecule has 1 heterocycles. The quantitative estimate of drug-likeness (QED) is 0.178. The lowest BCUT2D eigenvalue weighted by atomic mass is 9.81. The van der Waals surface area contributed by atoms with Gasteiger partial charge in [0.25, 0.3) is 0 Å². The highest BCUT2D eigenvalue weighted by atomic mass is 16.1. The van der Waals surface area contributed by atoms with Crippen LogP contribution >= 0.6 is 0 Å². The summed E-state index contributed by atoms with van der Waals surface area (Å²) in [5, 5.41) is 0. The summed E-state index contributed by atoms with van der Waals surface area (Å²) >= 11 is 0. The van der Waals surface area contributed by atoms with Gasteiger partial charge in [-0.05, 0) is 12.8 Å². The largest absolute Gasteiger partial charge is 0.325 e. The van der Waals surface area contributed by atoms with Crippen LogP contribution < -0.4 is 10.6 Å². The molecule has 0 bridgehead atoms. The van der Waals surface area contributed by atoms with Crippen LogP contribution in [0.5, 0.6) is 0 Å². The number of fused-ring (bicyclic) bond motifs is 4. The molecule has 1 unspecified atom stereocenters. The molecule has 9 nitrogen and oxygen atoms in total. The number of benzene rings is 4. The predicted octanol–water partition coefficient (Wildman–Crippen LogP) is 6.45. The molecule has 0 aliphatic heterocycles. The number of ketones is 4. The maximum Gasteiger partial charge on any atom is 0.230 e. The molecule has 1 aromatic heterocycles. The second-order valence-corrected chi connectivity index (χ2v) is 12.0. The van der Waals surface area contributed by atoms with Crippen LogP contribution in [0.25, 0.3) is 22.8 Å². The van der Waals surface area contributed by atoms with Gasteiger partial charge < -0.3 is 10.6 Å². The predicted molar refractivity (Wildman–Crippen MR) is 182 cm³/mol. The molecule has 0 fully saturated rings. The van der Waals surface area contributed by atoms with Gasteiger partial charge in [0.05, 0.1) is 6.17 Å². The number of aromatic nitrogens is 3. The van der Waals surface area contributed by atoms with Crippen molar-refractivity contribution < 1.29 is 19.2 Å². The highest BCUT2D eigenvalue weighted by Gasteiger charge is 2.35. The van der Waals surface area contributed by atoms with Crippen molar-refractivity contribution in [1.82, 2.24) is 15.0 Å². The van der Waals surface area contributed by atoms with Crippen molar-refractivity contribution in [3.05, 3.63) is 129 Å². The molecule has 48 heavy (non-hydrogen) atoms. The second-order valence-electron chi connectivity index (χ2n) is 12.0.